The molecular weight excluding hydrogens is 358 g/mol. The quantitative estimate of drug-likeness (QED) is 0.749. The Kier molecular flexibility index (Phi) is 4.57. The molecule has 2 saturated carbocycles. The predicted molar refractivity (Wildman–Crippen MR) is 105 cm³/mol. The van der Waals surface area contributed by atoms with Crippen molar-refractivity contribution < 1.29 is 4.79 Å². The second-order valence-corrected chi connectivity index (χ2v) is 9.45. The van der Waals surface area contributed by atoms with Gasteiger partial charge in [-0.15, -0.1) is 11.3 Å². The molecule has 0 radical (unpaired) electrons. The van der Waals surface area contributed by atoms with Crippen LogP contribution in [0.1, 0.15) is 67.4 Å². The summed E-state index contributed by atoms with van der Waals surface area (Å²) in [5.41, 5.74) is 1.31. The summed E-state index contributed by atoms with van der Waals surface area (Å²) in [4.78, 5) is 25.6. The highest BCUT2D eigenvalue weighted by molar-refractivity contribution is 7.16. The van der Waals surface area contributed by atoms with E-state index in [1.165, 1.54) is 55.5 Å². The summed E-state index contributed by atoms with van der Waals surface area (Å²) in [6, 6.07) is -0.196. The number of thiazole rings is 1. The van der Waals surface area contributed by atoms with Gasteiger partial charge < -0.3 is 4.90 Å². The molecule has 0 N–H and O–H groups in total. The van der Waals surface area contributed by atoms with Gasteiger partial charge >= 0.3 is 0 Å². The van der Waals surface area contributed by atoms with E-state index in [1.807, 2.05) is 4.90 Å². The first-order chi connectivity index (χ1) is 13.2. The minimum absolute atomic E-state index is 0.132. The lowest BCUT2D eigenvalue weighted by atomic mass is 9.87. The Hall–Kier alpha value is -1.65. The number of piperazine rings is 2. The van der Waals surface area contributed by atoms with Gasteiger partial charge in [0.25, 0.3) is 0 Å². The molecule has 2 saturated heterocycles. The van der Waals surface area contributed by atoms with Crippen molar-refractivity contribution in [1.82, 2.24) is 14.8 Å². The smallest absolute Gasteiger partial charge is 0.248 e. The van der Waals surface area contributed by atoms with E-state index >= 15 is 0 Å². The number of carbonyl (C=O) groups excluding carboxylic acids is 1. The third kappa shape index (κ3) is 3.23. The third-order valence-electron chi connectivity index (χ3n) is 6.64. The molecule has 6 nitrogen and oxygen atoms in total. The van der Waals surface area contributed by atoms with Gasteiger partial charge in [-0.1, -0.05) is 19.3 Å². The molecule has 1 atom stereocenters. The molecular formula is C20H27N5OS. The van der Waals surface area contributed by atoms with E-state index < -0.39 is 0 Å². The van der Waals surface area contributed by atoms with Crippen molar-refractivity contribution in [1.29, 1.82) is 5.26 Å². The molecule has 4 fully saturated rings. The second kappa shape index (κ2) is 7.06. The van der Waals surface area contributed by atoms with Crippen LogP contribution >= 0.6 is 11.3 Å². The van der Waals surface area contributed by atoms with Crippen LogP contribution in [0.5, 0.6) is 0 Å². The summed E-state index contributed by atoms with van der Waals surface area (Å²) in [7, 11) is 0. The van der Waals surface area contributed by atoms with Crippen LogP contribution in [0.4, 0.5) is 5.13 Å². The standard InChI is InChI=1S/C20H27N5OS/c21-13-23-8-9-24-10-11-25(19(26)16(24)12-23)20-22-17(14-6-7-14)18(27-20)15-4-2-1-3-5-15/h14-16H,1-12H2/t16-/m1/s1. The van der Waals surface area contributed by atoms with Crippen LogP contribution in [-0.2, 0) is 4.79 Å². The Bertz CT molecular complexity index is 761. The van der Waals surface area contributed by atoms with Crippen molar-refractivity contribution in [2.45, 2.75) is 62.8 Å². The predicted octanol–water partition coefficient (Wildman–Crippen LogP) is 2.88. The topological polar surface area (TPSA) is 63.5 Å². The van der Waals surface area contributed by atoms with Gasteiger partial charge in [-0.25, -0.2) is 4.98 Å². The van der Waals surface area contributed by atoms with Crippen LogP contribution in [0.25, 0.3) is 0 Å². The van der Waals surface area contributed by atoms with Gasteiger partial charge in [0.15, 0.2) is 11.3 Å². The average molecular weight is 386 g/mol. The van der Waals surface area contributed by atoms with Gasteiger partial charge in [0.1, 0.15) is 6.04 Å². The number of fused-ring (bicyclic) bond motifs is 1. The summed E-state index contributed by atoms with van der Waals surface area (Å²) in [5.74, 6) is 1.42. The number of hydrogen-bond acceptors (Lipinski definition) is 6. The van der Waals surface area contributed by atoms with Crippen molar-refractivity contribution in [2.75, 3.05) is 37.6 Å². The largest absolute Gasteiger partial charge is 0.307 e. The van der Waals surface area contributed by atoms with Crippen LogP contribution in [0.2, 0.25) is 0 Å². The molecule has 1 aromatic rings. The number of hydrogen-bond donors (Lipinski definition) is 0. The van der Waals surface area contributed by atoms with E-state index in [9.17, 15) is 10.1 Å². The first-order valence-electron chi connectivity index (χ1n) is 10.5. The molecule has 1 aromatic heterocycles. The van der Waals surface area contributed by atoms with Gasteiger partial charge in [-0.3, -0.25) is 14.6 Å². The lowest BCUT2D eigenvalue weighted by molar-refractivity contribution is -0.127. The van der Waals surface area contributed by atoms with E-state index in [0.717, 1.165) is 31.3 Å². The number of nitrogens with zero attached hydrogens (tertiary/aromatic N) is 5. The Balaban J connectivity index is 1.41. The molecule has 27 heavy (non-hydrogen) atoms. The summed E-state index contributed by atoms with van der Waals surface area (Å²) < 4.78 is 0. The molecule has 2 aliphatic carbocycles. The molecule has 0 bridgehead atoms. The van der Waals surface area contributed by atoms with Crippen molar-refractivity contribution in [3.63, 3.8) is 0 Å². The second-order valence-electron chi connectivity index (χ2n) is 8.44. The maximum Gasteiger partial charge on any atom is 0.248 e. The van der Waals surface area contributed by atoms with Crippen LogP contribution in [0, 0.1) is 11.5 Å². The van der Waals surface area contributed by atoms with E-state index in [2.05, 4.69) is 11.1 Å². The minimum atomic E-state index is -0.196. The number of nitriles is 1. The Morgan fingerprint density at radius 3 is 2.52 bits per heavy atom. The molecule has 2 aliphatic heterocycles. The zero-order valence-corrected chi connectivity index (χ0v) is 16.6. The molecule has 3 heterocycles. The number of aromatic nitrogens is 1. The first kappa shape index (κ1) is 17.4. The number of anilines is 1. The van der Waals surface area contributed by atoms with Gasteiger partial charge in [-0.05, 0) is 31.6 Å². The van der Waals surface area contributed by atoms with E-state index in [4.69, 9.17) is 4.98 Å². The zero-order valence-electron chi connectivity index (χ0n) is 15.8. The molecule has 0 unspecified atom stereocenters. The minimum Gasteiger partial charge on any atom is -0.307 e. The van der Waals surface area contributed by atoms with Crippen LogP contribution in [0.15, 0.2) is 0 Å². The molecule has 0 aromatic carbocycles. The van der Waals surface area contributed by atoms with E-state index in [1.54, 1.807) is 16.2 Å². The van der Waals surface area contributed by atoms with Crippen molar-refractivity contribution in [2.24, 2.45) is 0 Å². The highest BCUT2D eigenvalue weighted by atomic mass is 32.1. The van der Waals surface area contributed by atoms with Gasteiger partial charge in [0, 0.05) is 37.0 Å². The zero-order chi connectivity index (χ0) is 18.4. The lowest BCUT2D eigenvalue weighted by Gasteiger charge is -2.44. The van der Waals surface area contributed by atoms with Crippen molar-refractivity contribution in [3.8, 4) is 6.19 Å². The van der Waals surface area contributed by atoms with Crippen molar-refractivity contribution in [3.05, 3.63) is 10.6 Å². The van der Waals surface area contributed by atoms with Gasteiger partial charge in [-0.2, -0.15) is 5.26 Å². The monoisotopic (exact) mass is 385 g/mol. The Morgan fingerprint density at radius 2 is 1.78 bits per heavy atom. The fourth-order valence-corrected chi connectivity index (χ4v) is 6.23. The Labute approximate surface area is 164 Å². The maximum atomic E-state index is 13.2. The molecule has 0 spiro atoms. The van der Waals surface area contributed by atoms with Crippen molar-refractivity contribution >= 4 is 22.4 Å². The first-order valence-corrected chi connectivity index (χ1v) is 11.3. The summed E-state index contributed by atoms with van der Waals surface area (Å²) in [6.07, 6.45) is 11.3. The fourth-order valence-electron chi connectivity index (χ4n) is 4.88. The van der Waals surface area contributed by atoms with E-state index in [0.29, 0.717) is 18.4 Å². The van der Waals surface area contributed by atoms with E-state index in [-0.39, 0.29) is 11.9 Å². The number of carbonyl (C=O) groups is 1. The molecule has 5 rings (SSSR count). The van der Waals surface area contributed by atoms with Crippen LogP contribution < -0.4 is 4.90 Å². The third-order valence-corrected chi connectivity index (χ3v) is 7.89. The molecule has 4 aliphatic rings. The van der Waals surface area contributed by atoms with Gasteiger partial charge in [0.2, 0.25) is 5.91 Å². The number of amides is 1. The lowest BCUT2D eigenvalue weighted by Crippen LogP contribution is -2.64. The molecule has 144 valence electrons. The fraction of sp³-hybridized carbons (Fsp3) is 0.750. The van der Waals surface area contributed by atoms with Crippen LogP contribution in [-0.4, -0.2) is 59.5 Å². The normalized spacial score (nSPS) is 27.5. The summed E-state index contributed by atoms with van der Waals surface area (Å²) in [5, 5.41) is 10.1. The summed E-state index contributed by atoms with van der Waals surface area (Å²) in [6.45, 7) is 3.66. The SMILES string of the molecule is N#CN1CCN2CCN(c3nc(C4CC4)c(C4CCCCC4)s3)C(=O)[C@H]2C1. The highest BCUT2D eigenvalue weighted by Crippen LogP contribution is 2.49. The van der Waals surface area contributed by atoms with Gasteiger partial charge in [0.05, 0.1) is 12.2 Å². The molecule has 1 amide bonds. The average Bonchev–Trinajstić information content (AvgIpc) is 3.47. The maximum absolute atomic E-state index is 13.2. The highest BCUT2D eigenvalue weighted by Gasteiger charge is 2.41. The Morgan fingerprint density at radius 1 is 1.00 bits per heavy atom. The molecule has 7 heteroatoms. The summed E-state index contributed by atoms with van der Waals surface area (Å²) >= 11 is 1.79. The number of rotatable bonds is 3. The van der Waals surface area contributed by atoms with Crippen LogP contribution in [0.3, 0.4) is 0 Å².